The van der Waals surface area contributed by atoms with Gasteiger partial charge in [-0.1, -0.05) is 6.42 Å². The van der Waals surface area contributed by atoms with Gasteiger partial charge in [0, 0.05) is 0 Å². The fourth-order valence-electron chi connectivity index (χ4n) is 1.97. The molecule has 0 aliphatic rings. The standard InChI is InChI=1S/C8H20N.C6H14N2O2/c1-5-9(6-2,7-3)8-4;7-4-2-1-3-5(8)6(9)10/h5-8H2,1-4H3;5H,1-4,7-8H2,(H,9,10)/q+1;. The van der Waals surface area contributed by atoms with Crippen molar-refractivity contribution >= 4 is 5.97 Å². The molecule has 0 saturated carbocycles. The van der Waals surface area contributed by atoms with Crippen LogP contribution in [0.15, 0.2) is 0 Å². The van der Waals surface area contributed by atoms with Crippen LogP contribution in [0.4, 0.5) is 0 Å². The highest BCUT2D eigenvalue weighted by atomic mass is 16.4. The van der Waals surface area contributed by atoms with Crippen LogP contribution in [0.2, 0.25) is 0 Å². The summed E-state index contributed by atoms with van der Waals surface area (Å²) in [5.74, 6) is -0.933. The van der Waals surface area contributed by atoms with E-state index in [0.717, 1.165) is 12.8 Å². The number of hydrogen-bond donors (Lipinski definition) is 3. The fraction of sp³-hybridized carbons (Fsp3) is 0.929. The number of carbonyl (C=O) groups is 1. The Morgan fingerprint density at radius 2 is 1.47 bits per heavy atom. The van der Waals surface area contributed by atoms with Crippen molar-refractivity contribution in [1.82, 2.24) is 0 Å². The summed E-state index contributed by atoms with van der Waals surface area (Å²) in [4.78, 5) is 10.1. The van der Waals surface area contributed by atoms with Crippen LogP contribution < -0.4 is 11.5 Å². The molecule has 1 atom stereocenters. The van der Waals surface area contributed by atoms with Gasteiger partial charge >= 0.3 is 5.97 Å². The number of aliphatic carboxylic acids is 1. The highest BCUT2D eigenvalue weighted by Crippen LogP contribution is 2.03. The number of quaternary nitrogens is 1. The first kappa shape index (κ1) is 20.7. The molecule has 1 unspecified atom stereocenters. The van der Waals surface area contributed by atoms with Crippen LogP contribution >= 0.6 is 0 Å². The summed E-state index contributed by atoms with van der Waals surface area (Å²) in [6.07, 6.45) is 2.16. The number of rotatable bonds is 9. The van der Waals surface area contributed by atoms with Gasteiger partial charge in [-0.15, -0.1) is 0 Å². The third kappa shape index (κ3) is 9.87. The van der Waals surface area contributed by atoms with Crippen molar-refractivity contribution < 1.29 is 14.4 Å². The van der Waals surface area contributed by atoms with Crippen molar-refractivity contribution in [2.75, 3.05) is 32.7 Å². The number of nitrogens with zero attached hydrogens (tertiary/aromatic N) is 1. The lowest BCUT2D eigenvalue weighted by atomic mass is 10.1. The topological polar surface area (TPSA) is 89.3 Å². The highest BCUT2D eigenvalue weighted by Gasteiger charge is 2.16. The summed E-state index contributed by atoms with van der Waals surface area (Å²) >= 11 is 0. The molecule has 0 aromatic rings. The molecule has 0 fully saturated rings. The van der Waals surface area contributed by atoms with E-state index in [0.29, 0.717) is 13.0 Å². The van der Waals surface area contributed by atoms with E-state index in [-0.39, 0.29) is 0 Å². The lowest BCUT2D eigenvalue weighted by molar-refractivity contribution is -0.921. The summed E-state index contributed by atoms with van der Waals surface area (Å²) in [7, 11) is 0. The predicted octanol–water partition coefficient (Wildman–Crippen LogP) is 1.41. The van der Waals surface area contributed by atoms with Gasteiger partial charge in [0.2, 0.25) is 0 Å². The average molecular weight is 276 g/mol. The second-order valence-corrected chi connectivity index (χ2v) is 4.84. The third-order valence-corrected chi connectivity index (χ3v) is 3.97. The van der Waals surface area contributed by atoms with E-state index < -0.39 is 12.0 Å². The quantitative estimate of drug-likeness (QED) is 0.439. The van der Waals surface area contributed by atoms with E-state index in [9.17, 15) is 4.79 Å². The molecule has 5 N–H and O–H groups in total. The first-order valence-corrected chi connectivity index (χ1v) is 7.46. The minimum absolute atomic E-state index is 0.520. The monoisotopic (exact) mass is 276 g/mol. The molecular weight excluding hydrogens is 242 g/mol. The van der Waals surface area contributed by atoms with Crippen LogP contribution in [0.5, 0.6) is 0 Å². The lowest BCUT2D eigenvalue weighted by Gasteiger charge is -2.34. The largest absolute Gasteiger partial charge is 0.480 e. The number of unbranched alkanes of at least 4 members (excludes halogenated alkanes) is 1. The van der Waals surface area contributed by atoms with Gasteiger partial charge in [0.05, 0.1) is 26.2 Å². The first-order chi connectivity index (χ1) is 8.92. The van der Waals surface area contributed by atoms with Gasteiger partial charge in [-0.05, 0) is 47.1 Å². The predicted molar refractivity (Wildman–Crippen MR) is 80.9 cm³/mol. The minimum atomic E-state index is -0.933. The van der Waals surface area contributed by atoms with E-state index in [1.54, 1.807) is 0 Å². The second kappa shape index (κ2) is 12.4. The van der Waals surface area contributed by atoms with Gasteiger partial charge < -0.3 is 21.1 Å². The molecule has 0 spiro atoms. The Bertz CT molecular complexity index is 201. The molecule has 0 bridgehead atoms. The van der Waals surface area contributed by atoms with Gasteiger partial charge in [-0.2, -0.15) is 0 Å². The third-order valence-electron chi connectivity index (χ3n) is 3.97. The van der Waals surface area contributed by atoms with Crippen LogP contribution in [-0.4, -0.2) is 54.3 Å². The zero-order valence-corrected chi connectivity index (χ0v) is 13.2. The van der Waals surface area contributed by atoms with Crippen molar-refractivity contribution in [2.45, 2.75) is 53.0 Å². The molecular formula is C14H34N3O2+. The van der Waals surface area contributed by atoms with Crippen LogP contribution in [0.25, 0.3) is 0 Å². The molecule has 0 aliphatic heterocycles. The summed E-state index contributed by atoms with van der Waals surface area (Å²) in [5.41, 5.74) is 10.4. The molecule has 5 heteroatoms. The highest BCUT2D eigenvalue weighted by molar-refractivity contribution is 5.72. The Kier molecular flexibility index (Phi) is 13.5. The second-order valence-electron chi connectivity index (χ2n) is 4.84. The van der Waals surface area contributed by atoms with Crippen LogP contribution in [0.3, 0.4) is 0 Å². The molecule has 0 radical (unpaired) electrons. The average Bonchev–Trinajstić information content (AvgIpc) is 2.43. The molecule has 0 aromatic carbocycles. The Labute approximate surface area is 118 Å². The number of carboxylic acid groups (broad SMARTS) is 1. The number of carboxylic acids is 1. The molecule has 0 aliphatic carbocycles. The van der Waals surface area contributed by atoms with Crippen molar-refractivity contribution in [1.29, 1.82) is 0 Å². The SMILES string of the molecule is CC[N+](CC)(CC)CC.NCCCCC(N)C(=O)O. The first-order valence-electron chi connectivity index (χ1n) is 7.46. The zero-order valence-electron chi connectivity index (χ0n) is 13.2. The van der Waals surface area contributed by atoms with Gasteiger partial charge in [-0.3, -0.25) is 4.79 Å². The Morgan fingerprint density at radius 3 is 1.68 bits per heavy atom. The van der Waals surface area contributed by atoms with Gasteiger partial charge in [-0.25, -0.2) is 0 Å². The molecule has 0 heterocycles. The van der Waals surface area contributed by atoms with Crippen LogP contribution in [-0.2, 0) is 4.79 Å². The maximum Gasteiger partial charge on any atom is 0.320 e. The maximum atomic E-state index is 10.1. The summed E-state index contributed by atoms with van der Waals surface area (Å²) < 4.78 is 1.28. The van der Waals surface area contributed by atoms with Crippen molar-refractivity contribution in [3.63, 3.8) is 0 Å². The maximum absolute atomic E-state index is 10.1. The van der Waals surface area contributed by atoms with Crippen molar-refractivity contribution in [2.24, 2.45) is 11.5 Å². The van der Waals surface area contributed by atoms with E-state index in [4.69, 9.17) is 16.6 Å². The molecule has 0 saturated heterocycles. The molecule has 0 amide bonds. The molecule has 116 valence electrons. The Morgan fingerprint density at radius 1 is 1.05 bits per heavy atom. The smallest absolute Gasteiger partial charge is 0.320 e. The molecule has 0 rings (SSSR count). The van der Waals surface area contributed by atoms with E-state index in [1.807, 2.05) is 0 Å². The number of nitrogens with two attached hydrogens (primary N) is 2. The van der Waals surface area contributed by atoms with Crippen LogP contribution in [0.1, 0.15) is 47.0 Å². The van der Waals surface area contributed by atoms with E-state index in [2.05, 4.69) is 27.7 Å². The summed E-state index contributed by atoms with van der Waals surface area (Å²) in [6, 6.07) is -0.716. The van der Waals surface area contributed by atoms with Gasteiger partial charge in [0.15, 0.2) is 0 Å². The molecule has 0 aromatic heterocycles. The number of hydrogen-bond acceptors (Lipinski definition) is 3. The zero-order chi connectivity index (χ0) is 15.3. The van der Waals surface area contributed by atoms with Crippen molar-refractivity contribution in [3.05, 3.63) is 0 Å². The van der Waals surface area contributed by atoms with Gasteiger partial charge in [0.1, 0.15) is 6.04 Å². The molecule has 19 heavy (non-hydrogen) atoms. The van der Waals surface area contributed by atoms with Gasteiger partial charge in [0.25, 0.3) is 0 Å². The fourth-order valence-corrected chi connectivity index (χ4v) is 1.97. The van der Waals surface area contributed by atoms with Crippen LogP contribution in [0, 0.1) is 0 Å². The van der Waals surface area contributed by atoms with E-state index >= 15 is 0 Å². The summed E-state index contributed by atoms with van der Waals surface area (Å²) in [6.45, 7) is 14.8. The molecule has 5 nitrogen and oxygen atoms in total. The Balaban J connectivity index is 0. The summed E-state index contributed by atoms with van der Waals surface area (Å²) in [5, 5.41) is 8.33. The van der Waals surface area contributed by atoms with E-state index in [1.165, 1.54) is 30.7 Å². The normalized spacial score (nSPS) is 12.5. The van der Waals surface area contributed by atoms with Crippen molar-refractivity contribution in [3.8, 4) is 0 Å². The minimum Gasteiger partial charge on any atom is -0.480 e. The Hall–Kier alpha value is -0.650. The lowest BCUT2D eigenvalue weighted by Crippen LogP contribution is -2.47.